The maximum absolute atomic E-state index is 13.2. The normalized spacial score (nSPS) is 13.7. The van der Waals surface area contributed by atoms with Gasteiger partial charge in [-0.1, -0.05) is 79.2 Å². The Morgan fingerprint density at radius 1 is 0.837 bits per heavy atom. The molecule has 1 fully saturated rings. The van der Waals surface area contributed by atoms with Gasteiger partial charge in [0.1, 0.15) is 5.75 Å². The van der Waals surface area contributed by atoms with Crippen molar-refractivity contribution >= 4 is 33.7 Å². The standard InChI is InChI=1S/C38H36N4O6S/c1-47-35-21-20-33(49(45,46)41-23-9-4-10-24-41)25-34(35)39-36(43)27-48-37(44)22-19-31-26-42(32-13-7-3-8-14-32)40-38(31)30-17-15-29(16-18-30)28-11-5-2-6-12-28/h2-3,5-8,11-22,25-26H,4,9-10,23-24,27H2,1H3,(H,39,43)/b22-19+. The van der Waals surface area contributed by atoms with Gasteiger partial charge in [-0.2, -0.15) is 9.40 Å². The number of hydrogen-bond acceptors (Lipinski definition) is 7. The summed E-state index contributed by atoms with van der Waals surface area (Å²) in [6.07, 6.45) is 7.27. The van der Waals surface area contributed by atoms with Gasteiger partial charge in [-0.3, -0.25) is 4.79 Å². The summed E-state index contributed by atoms with van der Waals surface area (Å²) in [6, 6.07) is 32.0. The number of hydrogen-bond donors (Lipinski definition) is 1. The van der Waals surface area contributed by atoms with Crippen molar-refractivity contribution in [2.45, 2.75) is 24.2 Å². The van der Waals surface area contributed by atoms with E-state index < -0.39 is 28.5 Å². The number of carbonyl (C=O) groups is 2. The third kappa shape index (κ3) is 7.97. The number of para-hydroxylation sites is 1. The summed E-state index contributed by atoms with van der Waals surface area (Å²) in [5.41, 5.74) is 5.38. The van der Waals surface area contributed by atoms with E-state index in [1.165, 1.54) is 35.7 Å². The number of nitrogens with one attached hydrogen (secondary N) is 1. The molecule has 0 saturated carbocycles. The van der Waals surface area contributed by atoms with E-state index in [0.717, 1.165) is 41.6 Å². The number of esters is 1. The molecule has 1 saturated heterocycles. The van der Waals surface area contributed by atoms with Crippen LogP contribution in [0, 0.1) is 0 Å². The first-order valence-corrected chi connectivity index (χ1v) is 17.4. The maximum atomic E-state index is 13.2. The summed E-state index contributed by atoms with van der Waals surface area (Å²) in [7, 11) is -2.32. The molecule has 1 aromatic heterocycles. The van der Waals surface area contributed by atoms with Crippen LogP contribution in [0.3, 0.4) is 0 Å². The zero-order valence-corrected chi connectivity index (χ0v) is 27.8. The van der Waals surface area contributed by atoms with E-state index >= 15 is 0 Å². The first-order valence-electron chi connectivity index (χ1n) is 16.0. The van der Waals surface area contributed by atoms with Crippen LogP contribution in [0.2, 0.25) is 0 Å². The van der Waals surface area contributed by atoms with Crippen molar-refractivity contribution in [1.29, 1.82) is 0 Å². The highest BCUT2D eigenvalue weighted by Crippen LogP contribution is 2.31. The van der Waals surface area contributed by atoms with Crippen LogP contribution in [0.5, 0.6) is 5.75 Å². The Balaban J connectivity index is 1.15. The quantitative estimate of drug-likeness (QED) is 0.124. The molecule has 6 rings (SSSR count). The van der Waals surface area contributed by atoms with Crippen LogP contribution in [0.4, 0.5) is 5.69 Å². The Bertz CT molecular complexity index is 2050. The van der Waals surface area contributed by atoms with E-state index in [-0.39, 0.29) is 16.3 Å². The number of ether oxygens (including phenoxy) is 2. The summed E-state index contributed by atoms with van der Waals surface area (Å²) < 4.78 is 40.1. The van der Waals surface area contributed by atoms with Gasteiger partial charge in [0.05, 0.1) is 29.1 Å². The summed E-state index contributed by atoms with van der Waals surface area (Å²) in [4.78, 5) is 25.6. The van der Waals surface area contributed by atoms with Gasteiger partial charge in [0.15, 0.2) is 6.61 Å². The molecule has 0 radical (unpaired) electrons. The summed E-state index contributed by atoms with van der Waals surface area (Å²) in [5, 5.41) is 7.43. The molecule has 0 bridgehead atoms. The summed E-state index contributed by atoms with van der Waals surface area (Å²) in [5.74, 6) is -1.11. The number of aromatic nitrogens is 2. The third-order valence-electron chi connectivity index (χ3n) is 8.17. The number of carbonyl (C=O) groups excluding carboxylic acids is 2. The molecule has 0 unspecified atom stereocenters. The highest BCUT2D eigenvalue weighted by Gasteiger charge is 2.27. The Hall–Kier alpha value is -5.52. The van der Waals surface area contributed by atoms with Crippen LogP contribution < -0.4 is 10.1 Å². The number of anilines is 1. The van der Waals surface area contributed by atoms with E-state index in [4.69, 9.17) is 14.6 Å². The number of rotatable bonds is 11. The lowest BCUT2D eigenvalue weighted by Gasteiger charge is -2.26. The van der Waals surface area contributed by atoms with Crippen molar-refractivity contribution in [2.24, 2.45) is 0 Å². The molecule has 1 aliphatic heterocycles. The van der Waals surface area contributed by atoms with Crippen molar-refractivity contribution in [3.63, 3.8) is 0 Å². The maximum Gasteiger partial charge on any atom is 0.331 e. The van der Waals surface area contributed by atoms with Crippen molar-refractivity contribution in [1.82, 2.24) is 14.1 Å². The van der Waals surface area contributed by atoms with Gasteiger partial charge in [0.2, 0.25) is 10.0 Å². The molecule has 10 nitrogen and oxygen atoms in total. The van der Waals surface area contributed by atoms with Gasteiger partial charge >= 0.3 is 5.97 Å². The predicted molar refractivity (Wildman–Crippen MR) is 189 cm³/mol. The second-order valence-corrected chi connectivity index (χ2v) is 13.4. The number of amides is 1. The second-order valence-electron chi connectivity index (χ2n) is 11.5. The molecule has 4 aromatic carbocycles. The van der Waals surface area contributed by atoms with Crippen molar-refractivity contribution in [3.8, 4) is 33.8 Å². The number of methoxy groups -OCH3 is 1. The van der Waals surface area contributed by atoms with Crippen molar-refractivity contribution in [3.05, 3.63) is 121 Å². The van der Waals surface area contributed by atoms with E-state index in [1.54, 1.807) is 10.8 Å². The van der Waals surface area contributed by atoms with Crippen LogP contribution in [-0.4, -0.2) is 61.2 Å². The van der Waals surface area contributed by atoms with Gasteiger partial charge < -0.3 is 14.8 Å². The topological polar surface area (TPSA) is 120 Å². The molecule has 11 heteroatoms. The van der Waals surface area contributed by atoms with Gasteiger partial charge in [-0.05, 0) is 60.4 Å². The molecule has 1 aliphatic rings. The number of nitrogens with zero attached hydrogens (tertiary/aromatic N) is 3. The lowest BCUT2D eigenvalue weighted by molar-refractivity contribution is -0.142. The van der Waals surface area contributed by atoms with Crippen molar-refractivity contribution < 1.29 is 27.5 Å². The molecular formula is C38H36N4O6S. The molecule has 5 aromatic rings. The Morgan fingerprint density at radius 2 is 1.49 bits per heavy atom. The van der Waals surface area contributed by atoms with Crippen LogP contribution >= 0.6 is 0 Å². The van der Waals surface area contributed by atoms with Crippen LogP contribution in [0.25, 0.3) is 34.1 Å². The Kier molecular flexibility index (Phi) is 10.3. The van der Waals surface area contributed by atoms with Gasteiger partial charge in [0, 0.05) is 36.5 Å². The highest BCUT2D eigenvalue weighted by atomic mass is 32.2. The fraction of sp³-hybridized carbons (Fsp3) is 0.184. The number of sulfonamides is 1. The van der Waals surface area contributed by atoms with E-state index in [2.05, 4.69) is 5.32 Å². The molecule has 49 heavy (non-hydrogen) atoms. The average molecular weight is 677 g/mol. The lowest BCUT2D eigenvalue weighted by Crippen LogP contribution is -2.35. The zero-order chi connectivity index (χ0) is 34.2. The Morgan fingerprint density at radius 3 is 2.18 bits per heavy atom. The van der Waals surface area contributed by atoms with Crippen LogP contribution in [0.15, 0.2) is 120 Å². The summed E-state index contributed by atoms with van der Waals surface area (Å²) in [6.45, 7) is 0.315. The second kappa shape index (κ2) is 15.1. The molecular weight excluding hydrogens is 641 g/mol. The van der Waals surface area contributed by atoms with E-state index in [9.17, 15) is 18.0 Å². The largest absolute Gasteiger partial charge is 0.495 e. The fourth-order valence-electron chi connectivity index (χ4n) is 5.63. The monoisotopic (exact) mass is 676 g/mol. The van der Waals surface area contributed by atoms with Crippen molar-refractivity contribution in [2.75, 3.05) is 32.1 Å². The molecule has 250 valence electrons. The van der Waals surface area contributed by atoms with Gasteiger partial charge in [0.25, 0.3) is 5.91 Å². The van der Waals surface area contributed by atoms with Crippen LogP contribution in [-0.2, 0) is 24.3 Å². The molecule has 1 amide bonds. The number of benzene rings is 4. The van der Waals surface area contributed by atoms with E-state index in [1.807, 2.05) is 91.1 Å². The average Bonchev–Trinajstić information content (AvgIpc) is 3.58. The highest BCUT2D eigenvalue weighted by molar-refractivity contribution is 7.89. The Labute approximate surface area is 285 Å². The zero-order valence-electron chi connectivity index (χ0n) is 27.0. The smallest absolute Gasteiger partial charge is 0.331 e. The lowest BCUT2D eigenvalue weighted by atomic mass is 10.0. The van der Waals surface area contributed by atoms with Gasteiger partial charge in [-0.25, -0.2) is 17.9 Å². The third-order valence-corrected chi connectivity index (χ3v) is 10.1. The number of piperidine rings is 1. The first kappa shape index (κ1) is 33.4. The summed E-state index contributed by atoms with van der Waals surface area (Å²) >= 11 is 0. The molecule has 0 spiro atoms. The van der Waals surface area contributed by atoms with E-state index in [0.29, 0.717) is 24.3 Å². The minimum atomic E-state index is -3.73. The predicted octanol–water partition coefficient (Wildman–Crippen LogP) is 6.58. The molecule has 0 atom stereocenters. The van der Waals surface area contributed by atoms with Gasteiger partial charge in [-0.15, -0.1) is 0 Å². The van der Waals surface area contributed by atoms with Crippen LogP contribution in [0.1, 0.15) is 24.8 Å². The fourth-order valence-corrected chi connectivity index (χ4v) is 7.17. The first-order chi connectivity index (χ1) is 23.8. The minimum absolute atomic E-state index is 0.0481. The molecule has 1 N–H and O–H groups in total. The molecule has 2 heterocycles. The SMILES string of the molecule is COc1ccc(S(=O)(=O)N2CCCCC2)cc1NC(=O)COC(=O)/C=C/c1cn(-c2ccccc2)nc1-c1ccc(-c2ccccc2)cc1. The molecule has 0 aliphatic carbocycles. The minimum Gasteiger partial charge on any atom is -0.495 e.